The smallest absolute Gasteiger partial charge is 0.142 e. The van der Waals surface area contributed by atoms with Gasteiger partial charge in [-0.25, -0.2) is 0 Å². The molecule has 0 saturated carbocycles. The molecule has 0 aliphatic carbocycles. The second-order valence-electron chi connectivity index (χ2n) is 3.41. The minimum atomic E-state index is 0.545. The zero-order valence-corrected chi connectivity index (χ0v) is 12.7. The summed E-state index contributed by atoms with van der Waals surface area (Å²) in [5, 5.41) is 1.82. The van der Waals surface area contributed by atoms with Crippen LogP contribution in [0.5, 0.6) is 5.75 Å². The van der Waals surface area contributed by atoms with Crippen LogP contribution in [0.3, 0.4) is 0 Å². The average molecular weight is 342 g/mol. The van der Waals surface area contributed by atoms with E-state index in [0.717, 1.165) is 18.6 Å². The van der Waals surface area contributed by atoms with E-state index in [9.17, 15) is 0 Å². The van der Waals surface area contributed by atoms with Gasteiger partial charge in [0.15, 0.2) is 0 Å². The van der Waals surface area contributed by atoms with Crippen LogP contribution >= 0.6 is 39.1 Å². The molecule has 0 unspecified atom stereocenters. The fourth-order valence-corrected chi connectivity index (χ4v) is 2.36. The average Bonchev–Trinajstić information content (AvgIpc) is 2.30. The van der Waals surface area contributed by atoms with E-state index in [-0.39, 0.29) is 0 Å². The van der Waals surface area contributed by atoms with Crippen LogP contribution in [0.15, 0.2) is 12.1 Å². The van der Waals surface area contributed by atoms with E-state index in [2.05, 4.69) is 15.9 Å². The lowest BCUT2D eigenvalue weighted by molar-refractivity contribution is 0.130. The molecule has 1 aromatic rings. The summed E-state index contributed by atoms with van der Waals surface area (Å²) in [4.78, 5) is 0. The molecule has 17 heavy (non-hydrogen) atoms. The highest BCUT2D eigenvalue weighted by atomic mass is 79.9. The Bertz CT molecular complexity index is 359. The van der Waals surface area contributed by atoms with Crippen molar-refractivity contribution in [2.75, 3.05) is 19.8 Å². The summed E-state index contributed by atoms with van der Waals surface area (Å²) in [5.41, 5.74) is 0.957. The van der Waals surface area contributed by atoms with Gasteiger partial charge < -0.3 is 9.47 Å². The molecule has 0 fully saturated rings. The van der Waals surface area contributed by atoms with Gasteiger partial charge in [-0.1, -0.05) is 39.1 Å². The van der Waals surface area contributed by atoms with Crippen LogP contribution in [-0.2, 0) is 10.1 Å². The Hall–Kier alpha value is 0.0400. The highest BCUT2D eigenvalue weighted by Gasteiger charge is 2.09. The van der Waals surface area contributed by atoms with Crippen molar-refractivity contribution in [3.63, 3.8) is 0 Å². The van der Waals surface area contributed by atoms with Gasteiger partial charge in [0.2, 0.25) is 0 Å². The van der Waals surface area contributed by atoms with Crippen molar-refractivity contribution in [1.82, 2.24) is 0 Å². The third kappa shape index (κ3) is 5.04. The van der Waals surface area contributed by atoms with Gasteiger partial charge in [0, 0.05) is 35.6 Å². The molecule has 96 valence electrons. The molecule has 0 heterocycles. The number of halogens is 3. The van der Waals surface area contributed by atoms with Crippen LogP contribution in [0, 0.1) is 0 Å². The van der Waals surface area contributed by atoms with Crippen molar-refractivity contribution in [1.29, 1.82) is 0 Å². The van der Waals surface area contributed by atoms with Crippen molar-refractivity contribution < 1.29 is 9.47 Å². The highest BCUT2D eigenvalue weighted by molar-refractivity contribution is 9.08. The molecule has 0 bridgehead atoms. The molecule has 2 nitrogen and oxygen atoms in total. The van der Waals surface area contributed by atoms with E-state index in [1.54, 1.807) is 6.07 Å². The first-order valence-electron chi connectivity index (χ1n) is 5.43. The quantitative estimate of drug-likeness (QED) is 0.529. The molecule has 5 heteroatoms. The first kappa shape index (κ1) is 15.1. The van der Waals surface area contributed by atoms with E-state index in [1.165, 1.54) is 0 Å². The monoisotopic (exact) mass is 340 g/mol. The Labute approximate surface area is 120 Å². The summed E-state index contributed by atoms with van der Waals surface area (Å²) in [7, 11) is 0. The maximum Gasteiger partial charge on any atom is 0.142 e. The van der Waals surface area contributed by atoms with E-state index < -0.39 is 0 Å². The third-order valence-corrected chi connectivity index (χ3v) is 3.22. The molecular formula is C12H15BrCl2O2. The van der Waals surface area contributed by atoms with Gasteiger partial charge in [-0.05, 0) is 19.1 Å². The van der Waals surface area contributed by atoms with Crippen LogP contribution in [0.25, 0.3) is 0 Å². The zero-order valence-electron chi connectivity index (χ0n) is 9.64. The number of benzene rings is 1. The van der Waals surface area contributed by atoms with E-state index >= 15 is 0 Å². The Kier molecular flexibility index (Phi) is 7.28. The largest absolute Gasteiger partial charge is 0.492 e. The fourth-order valence-electron chi connectivity index (χ4n) is 1.35. The van der Waals surface area contributed by atoms with Gasteiger partial charge in [0.1, 0.15) is 5.75 Å². The molecule has 0 aromatic heterocycles. The van der Waals surface area contributed by atoms with E-state index in [4.69, 9.17) is 32.7 Å². The Balaban J connectivity index is 2.57. The van der Waals surface area contributed by atoms with E-state index in [1.807, 2.05) is 13.0 Å². The van der Waals surface area contributed by atoms with Gasteiger partial charge in [0.25, 0.3) is 0 Å². The molecule has 0 saturated heterocycles. The molecule has 0 atom stereocenters. The van der Waals surface area contributed by atoms with Crippen LogP contribution in [0.2, 0.25) is 10.0 Å². The maximum atomic E-state index is 6.09. The summed E-state index contributed by atoms with van der Waals surface area (Å²) < 4.78 is 10.9. The van der Waals surface area contributed by atoms with Crippen molar-refractivity contribution in [2.24, 2.45) is 0 Å². The molecular weight excluding hydrogens is 327 g/mol. The number of alkyl halides is 1. The summed E-state index contributed by atoms with van der Waals surface area (Å²) in [5.74, 6) is 0.699. The highest BCUT2D eigenvalue weighted by Crippen LogP contribution is 2.33. The molecule has 0 radical (unpaired) electrons. The first-order valence-corrected chi connectivity index (χ1v) is 7.31. The Morgan fingerprint density at radius 1 is 1.24 bits per heavy atom. The van der Waals surface area contributed by atoms with Gasteiger partial charge in [-0.2, -0.15) is 0 Å². The predicted octanol–water partition coefficient (Wildman–Crippen LogP) is 4.69. The molecule has 0 aliphatic heterocycles. The van der Waals surface area contributed by atoms with Crippen molar-refractivity contribution in [3.05, 3.63) is 27.7 Å². The number of hydrogen-bond acceptors (Lipinski definition) is 2. The van der Waals surface area contributed by atoms with E-state index in [0.29, 0.717) is 34.3 Å². The molecule has 0 N–H and O–H groups in total. The lowest BCUT2D eigenvalue weighted by atomic mass is 10.2. The minimum absolute atomic E-state index is 0.545. The number of rotatable bonds is 7. The fraction of sp³-hybridized carbons (Fsp3) is 0.500. The normalized spacial score (nSPS) is 10.6. The molecule has 1 rings (SSSR count). The van der Waals surface area contributed by atoms with Crippen molar-refractivity contribution in [3.8, 4) is 5.75 Å². The maximum absolute atomic E-state index is 6.09. The second-order valence-corrected chi connectivity index (χ2v) is 4.81. The van der Waals surface area contributed by atoms with Crippen molar-refractivity contribution in [2.45, 2.75) is 18.7 Å². The predicted molar refractivity (Wildman–Crippen MR) is 75.7 cm³/mol. The summed E-state index contributed by atoms with van der Waals surface area (Å²) in [6.45, 7) is 3.99. The summed E-state index contributed by atoms with van der Waals surface area (Å²) in [6.07, 6.45) is 0.842. The van der Waals surface area contributed by atoms with Crippen LogP contribution < -0.4 is 4.74 Å². The van der Waals surface area contributed by atoms with Gasteiger partial charge in [-0.3, -0.25) is 0 Å². The molecule has 1 aromatic carbocycles. The Morgan fingerprint density at radius 2 is 2.00 bits per heavy atom. The lowest BCUT2D eigenvalue weighted by Crippen LogP contribution is -2.04. The van der Waals surface area contributed by atoms with Gasteiger partial charge >= 0.3 is 0 Å². The third-order valence-electron chi connectivity index (χ3n) is 2.11. The summed E-state index contributed by atoms with van der Waals surface area (Å²) in [6, 6.07) is 3.53. The molecule has 0 amide bonds. The molecule has 0 spiro atoms. The second kappa shape index (κ2) is 8.20. The first-order chi connectivity index (χ1) is 8.19. The van der Waals surface area contributed by atoms with Gasteiger partial charge in [0.05, 0.1) is 11.6 Å². The number of ether oxygens (including phenoxy) is 2. The van der Waals surface area contributed by atoms with Crippen LogP contribution in [0.1, 0.15) is 18.9 Å². The SMILES string of the molecule is CCOCCCOc1c(Cl)cc(Cl)cc1CBr. The minimum Gasteiger partial charge on any atom is -0.492 e. The van der Waals surface area contributed by atoms with Crippen LogP contribution in [0.4, 0.5) is 0 Å². The topological polar surface area (TPSA) is 18.5 Å². The summed E-state index contributed by atoms with van der Waals surface area (Å²) >= 11 is 15.4. The Morgan fingerprint density at radius 3 is 2.65 bits per heavy atom. The van der Waals surface area contributed by atoms with Crippen molar-refractivity contribution >= 4 is 39.1 Å². The van der Waals surface area contributed by atoms with Crippen LogP contribution in [-0.4, -0.2) is 19.8 Å². The zero-order chi connectivity index (χ0) is 12.7. The standard InChI is InChI=1S/C12H15BrCl2O2/c1-2-16-4-3-5-17-12-9(8-13)6-10(14)7-11(12)15/h6-7H,2-5,8H2,1H3. The molecule has 0 aliphatic rings. The van der Waals surface area contributed by atoms with Gasteiger partial charge in [-0.15, -0.1) is 0 Å². The lowest BCUT2D eigenvalue weighted by Gasteiger charge is -2.12. The number of hydrogen-bond donors (Lipinski definition) is 0.